The number of amidine groups is 1. The quantitative estimate of drug-likeness (QED) is 0.572. The highest BCUT2D eigenvalue weighted by Gasteiger charge is 2.12. The molecule has 0 bridgehead atoms. The third-order valence-electron chi connectivity index (χ3n) is 2.84. The van der Waals surface area contributed by atoms with E-state index in [-0.39, 0.29) is 5.54 Å². The molecule has 3 nitrogen and oxygen atoms in total. The van der Waals surface area contributed by atoms with E-state index in [9.17, 15) is 0 Å². The zero-order chi connectivity index (χ0) is 13.5. The normalized spacial score (nSPS) is 15.2. The maximum Gasteiger partial charge on any atom is 0.0964 e. The van der Waals surface area contributed by atoms with E-state index in [4.69, 9.17) is 4.99 Å². The lowest BCUT2D eigenvalue weighted by atomic mass is 10.1. The third kappa shape index (κ3) is 7.37. The molecule has 0 aliphatic heterocycles. The van der Waals surface area contributed by atoms with Gasteiger partial charge in [-0.15, -0.1) is 0 Å². The molecule has 0 saturated carbocycles. The topological polar surface area (TPSA) is 27.6 Å². The van der Waals surface area contributed by atoms with E-state index in [1.54, 1.807) is 0 Å². The van der Waals surface area contributed by atoms with E-state index in [2.05, 4.69) is 58.7 Å². The van der Waals surface area contributed by atoms with Crippen LogP contribution in [0, 0.1) is 0 Å². The second-order valence-corrected chi connectivity index (χ2v) is 5.59. The second kappa shape index (κ2) is 7.70. The highest BCUT2D eigenvalue weighted by atomic mass is 15.2. The molecule has 102 valence electrons. The Bertz CT molecular complexity index is 224. The number of nitrogens with zero attached hydrogens (tertiary/aromatic N) is 2. The van der Waals surface area contributed by atoms with Crippen LogP contribution in [0.4, 0.5) is 0 Å². The molecule has 0 radical (unpaired) electrons. The van der Waals surface area contributed by atoms with Crippen LogP contribution in [0.1, 0.15) is 54.9 Å². The minimum absolute atomic E-state index is 0.104. The molecular formula is C14H31N3. The van der Waals surface area contributed by atoms with Crippen molar-refractivity contribution in [1.82, 2.24) is 10.2 Å². The van der Waals surface area contributed by atoms with Gasteiger partial charge in [0.15, 0.2) is 0 Å². The van der Waals surface area contributed by atoms with Crippen LogP contribution in [0.5, 0.6) is 0 Å². The van der Waals surface area contributed by atoms with Gasteiger partial charge in [0, 0.05) is 18.0 Å². The van der Waals surface area contributed by atoms with Gasteiger partial charge in [0.25, 0.3) is 0 Å². The van der Waals surface area contributed by atoms with Gasteiger partial charge in [-0.25, -0.2) is 0 Å². The van der Waals surface area contributed by atoms with Crippen LogP contribution in [0.2, 0.25) is 0 Å². The molecule has 17 heavy (non-hydrogen) atoms. The first kappa shape index (κ1) is 16.4. The SMILES string of the molecule is CCC(=NCC(C)N(CC)CC)NC(C)(C)C. The highest BCUT2D eigenvalue weighted by Crippen LogP contribution is 2.02. The predicted octanol–water partition coefficient (Wildman–Crippen LogP) is 2.91. The van der Waals surface area contributed by atoms with Gasteiger partial charge in [-0.3, -0.25) is 9.89 Å². The van der Waals surface area contributed by atoms with Crippen LogP contribution in [-0.2, 0) is 0 Å². The molecule has 0 aliphatic carbocycles. The number of rotatable bonds is 6. The molecule has 0 aliphatic rings. The van der Waals surface area contributed by atoms with E-state index < -0.39 is 0 Å². The summed E-state index contributed by atoms with van der Waals surface area (Å²) in [6.45, 7) is 18.4. The first-order valence-corrected chi connectivity index (χ1v) is 6.89. The summed E-state index contributed by atoms with van der Waals surface area (Å²) in [5.74, 6) is 1.12. The molecule has 0 fully saturated rings. The fraction of sp³-hybridized carbons (Fsp3) is 0.929. The lowest BCUT2D eigenvalue weighted by Gasteiger charge is -2.26. The van der Waals surface area contributed by atoms with Crippen molar-refractivity contribution in [3.8, 4) is 0 Å². The molecule has 0 saturated heterocycles. The Morgan fingerprint density at radius 1 is 1.18 bits per heavy atom. The second-order valence-electron chi connectivity index (χ2n) is 5.59. The molecule has 0 rings (SSSR count). The van der Waals surface area contributed by atoms with Crippen molar-refractivity contribution in [3.63, 3.8) is 0 Å². The summed E-state index contributed by atoms with van der Waals surface area (Å²) in [6.07, 6.45) is 0.974. The van der Waals surface area contributed by atoms with Crippen molar-refractivity contribution >= 4 is 5.84 Å². The standard InChI is InChI=1S/C14H31N3/c1-8-13(16-14(5,6)7)15-11-12(4)17(9-2)10-3/h12H,8-11H2,1-7H3,(H,15,16). The molecule has 0 heterocycles. The molecular weight excluding hydrogens is 210 g/mol. The predicted molar refractivity (Wildman–Crippen MR) is 77.9 cm³/mol. The molecule has 0 aromatic carbocycles. The summed E-state index contributed by atoms with van der Waals surface area (Å²) in [6, 6.07) is 0.522. The minimum atomic E-state index is 0.104. The van der Waals surface area contributed by atoms with Crippen molar-refractivity contribution in [2.45, 2.75) is 66.5 Å². The Kier molecular flexibility index (Phi) is 7.44. The average Bonchev–Trinajstić information content (AvgIpc) is 2.24. The van der Waals surface area contributed by atoms with Gasteiger partial charge in [-0.1, -0.05) is 20.8 Å². The van der Waals surface area contributed by atoms with E-state index in [0.29, 0.717) is 6.04 Å². The Morgan fingerprint density at radius 3 is 2.06 bits per heavy atom. The monoisotopic (exact) mass is 241 g/mol. The molecule has 1 unspecified atom stereocenters. The Labute approximate surface area is 108 Å². The summed E-state index contributed by atoms with van der Waals surface area (Å²) < 4.78 is 0. The van der Waals surface area contributed by atoms with Gasteiger partial charge in [0.1, 0.15) is 0 Å². The van der Waals surface area contributed by atoms with Crippen LogP contribution < -0.4 is 5.32 Å². The van der Waals surface area contributed by atoms with Crippen molar-refractivity contribution in [1.29, 1.82) is 0 Å². The third-order valence-corrected chi connectivity index (χ3v) is 2.84. The van der Waals surface area contributed by atoms with Crippen molar-refractivity contribution in [2.75, 3.05) is 19.6 Å². The van der Waals surface area contributed by atoms with E-state index in [0.717, 1.165) is 31.9 Å². The molecule has 3 heteroatoms. The first-order valence-electron chi connectivity index (χ1n) is 6.89. The van der Waals surface area contributed by atoms with E-state index >= 15 is 0 Å². The van der Waals surface area contributed by atoms with Crippen LogP contribution in [0.15, 0.2) is 4.99 Å². The summed E-state index contributed by atoms with van der Waals surface area (Å²) in [5, 5.41) is 3.47. The lowest BCUT2D eigenvalue weighted by Crippen LogP contribution is -2.41. The molecule has 0 aromatic rings. The summed E-state index contributed by atoms with van der Waals surface area (Å²) in [4.78, 5) is 7.15. The Balaban J connectivity index is 4.35. The number of hydrogen-bond donors (Lipinski definition) is 1. The van der Waals surface area contributed by atoms with E-state index in [1.807, 2.05) is 0 Å². The van der Waals surface area contributed by atoms with Crippen molar-refractivity contribution < 1.29 is 0 Å². The number of hydrogen-bond acceptors (Lipinski definition) is 2. The zero-order valence-corrected chi connectivity index (χ0v) is 12.8. The fourth-order valence-corrected chi connectivity index (χ4v) is 1.88. The van der Waals surface area contributed by atoms with Crippen LogP contribution >= 0.6 is 0 Å². The van der Waals surface area contributed by atoms with E-state index in [1.165, 1.54) is 0 Å². The Hall–Kier alpha value is -0.570. The summed E-state index contributed by atoms with van der Waals surface area (Å²) >= 11 is 0. The maximum atomic E-state index is 4.71. The van der Waals surface area contributed by atoms with Gasteiger partial charge in [-0.05, 0) is 40.8 Å². The van der Waals surface area contributed by atoms with Crippen LogP contribution in [0.3, 0.4) is 0 Å². The van der Waals surface area contributed by atoms with Gasteiger partial charge in [0.05, 0.1) is 12.4 Å². The van der Waals surface area contributed by atoms with Crippen molar-refractivity contribution in [3.05, 3.63) is 0 Å². The highest BCUT2D eigenvalue weighted by molar-refractivity contribution is 5.82. The van der Waals surface area contributed by atoms with Crippen molar-refractivity contribution in [2.24, 2.45) is 4.99 Å². The molecule has 1 N–H and O–H groups in total. The van der Waals surface area contributed by atoms with Crippen LogP contribution in [-0.4, -0.2) is 42.0 Å². The number of nitrogens with one attached hydrogen (secondary N) is 1. The summed E-state index contributed by atoms with van der Waals surface area (Å²) in [7, 11) is 0. The number of likely N-dealkylation sites (N-methyl/N-ethyl adjacent to an activating group) is 1. The summed E-state index contributed by atoms with van der Waals surface area (Å²) in [5.41, 5.74) is 0.104. The maximum absolute atomic E-state index is 4.71. The van der Waals surface area contributed by atoms with Crippen LogP contribution in [0.25, 0.3) is 0 Å². The van der Waals surface area contributed by atoms with Gasteiger partial charge in [-0.2, -0.15) is 0 Å². The molecule has 0 amide bonds. The van der Waals surface area contributed by atoms with Gasteiger partial charge < -0.3 is 5.32 Å². The smallest absolute Gasteiger partial charge is 0.0964 e. The van der Waals surface area contributed by atoms with Gasteiger partial charge >= 0.3 is 0 Å². The first-order chi connectivity index (χ1) is 7.84. The minimum Gasteiger partial charge on any atom is -0.369 e. The molecule has 0 spiro atoms. The largest absolute Gasteiger partial charge is 0.369 e. The Morgan fingerprint density at radius 2 is 1.71 bits per heavy atom. The fourth-order valence-electron chi connectivity index (χ4n) is 1.88. The number of aliphatic imine (C=N–C) groups is 1. The lowest BCUT2D eigenvalue weighted by molar-refractivity contribution is 0.237. The average molecular weight is 241 g/mol. The molecule has 1 atom stereocenters. The molecule has 0 aromatic heterocycles. The van der Waals surface area contributed by atoms with Gasteiger partial charge in [0.2, 0.25) is 0 Å². The zero-order valence-electron chi connectivity index (χ0n) is 12.8.